The first-order valence-electron chi connectivity index (χ1n) is 4.97. The predicted octanol–water partition coefficient (Wildman–Crippen LogP) is 2.35. The molecule has 7 heteroatoms. The molecule has 0 saturated heterocycles. The SMILES string of the molecule is O=C(O)Cc1cnc(-c2ccc([N+](=O)[O-])cc2)s1. The zero-order valence-electron chi connectivity index (χ0n) is 9.07. The van der Waals surface area contributed by atoms with E-state index in [0.29, 0.717) is 9.88 Å². The van der Waals surface area contributed by atoms with Gasteiger partial charge in [0.05, 0.1) is 11.3 Å². The summed E-state index contributed by atoms with van der Waals surface area (Å²) in [6.07, 6.45) is 1.44. The minimum atomic E-state index is -0.908. The zero-order chi connectivity index (χ0) is 13.1. The van der Waals surface area contributed by atoms with Crippen LogP contribution in [0.3, 0.4) is 0 Å². The molecule has 2 rings (SSSR count). The highest BCUT2D eigenvalue weighted by Crippen LogP contribution is 2.26. The summed E-state index contributed by atoms with van der Waals surface area (Å²) in [5.41, 5.74) is 0.753. The number of nitrogens with zero attached hydrogens (tertiary/aromatic N) is 2. The third kappa shape index (κ3) is 2.69. The van der Waals surface area contributed by atoms with Crippen molar-refractivity contribution < 1.29 is 14.8 Å². The van der Waals surface area contributed by atoms with E-state index in [1.165, 1.54) is 29.7 Å². The smallest absolute Gasteiger partial charge is 0.308 e. The molecule has 0 aliphatic carbocycles. The van der Waals surface area contributed by atoms with Gasteiger partial charge >= 0.3 is 5.97 Å². The molecule has 0 spiro atoms. The monoisotopic (exact) mass is 264 g/mol. The topological polar surface area (TPSA) is 93.3 Å². The van der Waals surface area contributed by atoms with Crippen LogP contribution in [0.2, 0.25) is 0 Å². The summed E-state index contributed by atoms with van der Waals surface area (Å²) in [7, 11) is 0. The van der Waals surface area contributed by atoms with Gasteiger partial charge in [0.1, 0.15) is 5.01 Å². The third-order valence-corrected chi connectivity index (χ3v) is 3.25. The number of non-ortho nitro benzene ring substituents is 1. The zero-order valence-corrected chi connectivity index (χ0v) is 9.88. The Hall–Kier alpha value is -2.28. The number of thiazole rings is 1. The molecule has 0 amide bonds. The summed E-state index contributed by atoms with van der Waals surface area (Å²) in [4.78, 5) is 25.3. The highest BCUT2D eigenvalue weighted by atomic mass is 32.1. The van der Waals surface area contributed by atoms with Gasteiger partial charge in [0.25, 0.3) is 5.69 Å². The fourth-order valence-electron chi connectivity index (χ4n) is 1.40. The summed E-state index contributed by atoms with van der Waals surface area (Å²) < 4.78 is 0. The molecule has 1 N–H and O–H groups in total. The molecule has 0 aliphatic heterocycles. The van der Waals surface area contributed by atoms with Crippen LogP contribution in [0.1, 0.15) is 4.88 Å². The minimum absolute atomic E-state index is 0.0149. The van der Waals surface area contributed by atoms with E-state index in [9.17, 15) is 14.9 Å². The van der Waals surface area contributed by atoms with E-state index in [-0.39, 0.29) is 12.1 Å². The largest absolute Gasteiger partial charge is 0.481 e. The van der Waals surface area contributed by atoms with Crippen molar-refractivity contribution in [2.75, 3.05) is 0 Å². The summed E-state index contributed by atoms with van der Waals surface area (Å²) >= 11 is 1.27. The number of aromatic nitrogens is 1. The van der Waals surface area contributed by atoms with Gasteiger partial charge in [-0.05, 0) is 12.1 Å². The lowest BCUT2D eigenvalue weighted by molar-refractivity contribution is -0.384. The van der Waals surface area contributed by atoms with E-state index in [2.05, 4.69) is 4.98 Å². The molecule has 1 heterocycles. The molecular weight excluding hydrogens is 256 g/mol. The van der Waals surface area contributed by atoms with Crippen LogP contribution in [0, 0.1) is 10.1 Å². The number of hydrogen-bond donors (Lipinski definition) is 1. The van der Waals surface area contributed by atoms with Crippen LogP contribution in [-0.2, 0) is 11.2 Å². The van der Waals surface area contributed by atoms with Gasteiger partial charge in [-0.25, -0.2) is 4.98 Å². The summed E-state index contributed by atoms with van der Waals surface area (Å²) in [6, 6.07) is 5.99. The van der Waals surface area contributed by atoms with Crippen molar-refractivity contribution in [3.05, 3.63) is 45.5 Å². The van der Waals surface area contributed by atoms with Crippen molar-refractivity contribution in [3.8, 4) is 10.6 Å². The van der Waals surface area contributed by atoms with Gasteiger partial charge in [-0.3, -0.25) is 14.9 Å². The summed E-state index contributed by atoms with van der Waals surface area (Å²) in [5.74, 6) is -0.908. The van der Waals surface area contributed by atoms with Crippen LogP contribution >= 0.6 is 11.3 Å². The van der Waals surface area contributed by atoms with Gasteiger partial charge in [-0.15, -0.1) is 11.3 Å². The Morgan fingerprint density at radius 1 is 1.39 bits per heavy atom. The Balaban J connectivity index is 2.23. The molecule has 18 heavy (non-hydrogen) atoms. The molecule has 6 nitrogen and oxygen atoms in total. The number of benzene rings is 1. The van der Waals surface area contributed by atoms with Crippen LogP contribution in [0.15, 0.2) is 30.5 Å². The van der Waals surface area contributed by atoms with E-state index >= 15 is 0 Å². The Kier molecular flexibility index (Phi) is 3.33. The van der Waals surface area contributed by atoms with Crippen molar-refractivity contribution in [2.45, 2.75) is 6.42 Å². The van der Waals surface area contributed by atoms with E-state index in [4.69, 9.17) is 5.11 Å². The molecule has 0 bridgehead atoms. The second-order valence-corrected chi connectivity index (χ2v) is 4.62. The average Bonchev–Trinajstić information content (AvgIpc) is 2.76. The van der Waals surface area contributed by atoms with Gasteiger partial charge in [-0.2, -0.15) is 0 Å². The Bertz CT molecular complexity index is 591. The van der Waals surface area contributed by atoms with Gasteiger partial charge in [-0.1, -0.05) is 0 Å². The average molecular weight is 264 g/mol. The number of carbonyl (C=O) groups is 1. The summed E-state index contributed by atoms with van der Waals surface area (Å²) in [5, 5.41) is 19.8. The number of rotatable bonds is 4. The maximum atomic E-state index is 10.5. The molecule has 92 valence electrons. The Labute approximate surface area is 106 Å². The molecule has 0 saturated carbocycles. The maximum Gasteiger partial charge on any atom is 0.308 e. The van der Waals surface area contributed by atoms with E-state index in [0.717, 1.165) is 5.56 Å². The molecule has 0 atom stereocenters. The standard InChI is InChI=1S/C11H8N2O4S/c14-10(15)5-9-6-12-11(18-9)7-1-3-8(4-2-7)13(16)17/h1-4,6H,5H2,(H,14,15). The number of aliphatic carboxylic acids is 1. The van der Waals surface area contributed by atoms with Crippen LogP contribution in [0.25, 0.3) is 10.6 Å². The summed E-state index contributed by atoms with van der Waals surface area (Å²) in [6.45, 7) is 0. The quantitative estimate of drug-likeness (QED) is 0.675. The first kappa shape index (κ1) is 12.2. The lowest BCUT2D eigenvalue weighted by Gasteiger charge is -1.95. The normalized spacial score (nSPS) is 10.2. The van der Waals surface area contributed by atoms with Gasteiger partial charge < -0.3 is 5.11 Å². The van der Waals surface area contributed by atoms with Crippen LogP contribution < -0.4 is 0 Å². The second-order valence-electron chi connectivity index (χ2n) is 3.51. The molecular formula is C11H8N2O4S. The molecule has 0 fully saturated rings. The van der Waals surface area contributed by atoms with Crippen LogP contribution in [-0.4, -0.2) is 21.0 Å². The molecule has 0 radical (unpaired) electrons. The van der Waals surface area contributed by atoms with Gasteiger partial charge in [0.15, 0.2) is 0 Å². The predicted molar refractivity (Wildman–Crippen MR) is 65.5 cm³/mol. The number of nitro groups is 1. The van der Waals surface area contributed by atoms with Crippen molar-refractivity contribution in [1.82, 2.24) is 4.98 Å². The third-order valence-electron chi connectivity index (χ3n) is 2.20. The minimum Gasteiger partial charge on any atom is -0.481 e. The van der Waals surface area contributed by atoms with Gasteiger partial charge in [0.2, 0.25) is 0 Å². The number of hydrogen-bond acceptors (Lipinski definition) is 5. The van der Waals surface area contributed by atoms with Gasteiger partial charge in [0, 0.05) is 28.8 Å². The van der Waals surface area contributed by atoms with E-state index in [1.54, 1.807) is 12.1 Å². The molecule has 0 aliphatic rings. The second kappa shape index (κ2) is 4.92. The van der Waals surface area contributed by atoms with Crippen molar-refractivity contribution >= 4 is 23.0 Å². The van der Waals surface area contributed by atoms with E-state index < -0.39 is 10.9 Å². The Morgan fingerprint density at radius 2 is 2.06 bits per heavy atom. The van der Waals surface area contributed by atoms with Crippen LogP contribution in [0.4, 0.5) is 5.69 Å². The first-order valence-corrected chi connectivity index (χ1v) is 5.79. The highest BCUT2D eigenvalue weighted by molar-refractivity contribution is 7.15. The molecule has 1 aromatic carbocycles. The van der Waals surface area contributed by atoms with E-state index in [1.807, 2.05) is 0 Å². The first-order chi connectivity index (χ1) is 8.56. The highest BCUT2D eigenvalue weighted by Gasteiger charge is 2.09. The number of nitro benzene ring substituents is 1. The maximum absolute atomic E-state index is 10.5. The molecule has 1 aromatic heterocycles. The lowest BCUT2D eigenvalue weighted by atomic mass is 10.2. The molecule has 2 aromatic rings. The van der Waals surface area contributed by atoms with Crippen molar-refractivity contribution in [3.63, 3.8) is 0 Å². The number of carboxylic acid groups (broad SMARTS) is 1. The van der Waals surface area contributed by atoms with Crippen molar-refractivity contribution in [1.29, 1.82) is 0 Å². The molecule has 0 unspecified atom stereocenters. The fraction of sp³-hybridized carbons (Fsp3) is 0.0909. The van der Waals surface area contributed by atoms with Crippen molar-refractivity contribution in [2.24, 2.45) is 0 Å². The number of carboxylic acids is 1. The van der Waals surface area contributed by atoms with Crippen LogP contribution in [0.5, 0.6) is 0 Å². The fourth-order valence-corrected chi connectivity index (χ4v) is 2.31. The Morgan fingerprint density at radius 3 is 2.61 bits per heavy atom. The lowest BCUT2D eigenvalue weighted by Crippen LogP contribution is -1.97.